The summed E-state index contributed by atoms with van der Waals surface area (Å²) in [5, 5.41) is 10.0. The summed E-state index contributed by atoms with van der Waals surface area (Å²) in [7, 11) is 0. The highest BCUT2D eigenvalue weighted by molar-refractivity contribution is 6.22. The van der Waals surface area contributed by atoms with E-state index < -0.39 is 6.10 Å². The van der Waals surface area contributed by atoms with E-state index in [-0.39, 0.29) is 5.78 Å². The van der Waals surface area contributed by atoms with Crippen LogP contribution in [0.25, 0.3) is 5.57 Å². The van der Waals surface area contributed by atoms with Gasteiger partial charge in [-0.05, 0) is 11.1 Å². The maximum Gasteiger partial charge on any atom is 0.195 e. The van der Waals surface area contributed by atoms with Gasteiger partial charge in [-0.25, -0.2) is 0 Å². The van der Waals surface area contributed by atoms with Gasteiger partial charge in [-0.2, -0.15) is 0 Å². The number of benzene rings is 2. The summed E-state index contributed by atoms with van der Waals surface area (Å²) in [5.74, 6) is -0.368. The largest absolute Gasteiger partial charge is 0.380 e. The second kappa shape index (κ2) is 5.43. The molecule has 2 nitrogen and oxygen atoms in total. The van der Waals surface area contributed by atoms with Gasteiger partial charge in [0.1, 0.15) is 6.10 Å². The molecule has 1 atom stereocenters. The van der Waals surface area contributed by atoms with Crippen molar-refractivity contribution in [2.75, 3.05) is 0 Å². The van der Waals surface area contributed by atoms with Crippen molar-refractivity contribution in [3.63, 3.8) is 0 Å². The zero-order valence-electron chi connectivity index (χ0n) is 9.91. The molecule has 0 radical (unpaired) electrons. The molecule has 0 aliphatic rings. The fraction of sp³-hybridized carbons (Fsp3) is 0.0625. The van der Waals surface area contributed by atoms with Gasteiger partial charge in [0.25, 0.3) is 0 Å². The average molecular weight is 238 g/mol. The number of aliphatic hydroxyl groups is 1. The number of aliphatic hydroxyl groups excluding tert-OH is 1. The molecule has 0 saturated heterocycles. The van der Waals surface area contributed by atoms with Crippen molar-refractivity contribution in [3.8, 4) is 0 Å². The van der Waals surface area contributed by atoms with Gasteiger partial charge in [0.15, 0.2) is 5.78 Å². The van der Waals surface area contributed by atoms with E-state index in [9.17, 15) is 9.90 Å². The zero-order chi connectivity index (χ0) is 13.0. The number of carbonyl (C=O) groups is 1. The molecule has 90 valence electrons. The Bertz CT molecular complexity index is 544. The Labute approximate surface area is 106 Å². The summed E-state index contributed by atoms with van der Waals surface area (Å²) in [6.45, 7) is 3.76. The Balaban J connectivity index is 2.20. The number of Topliss-reactive ketones (excluding diaryl/α,β-unsaturated/α-hetero) is 1. The predicted octanol–water partition coefficient (Wildman–Crippen LogP) is 3.00. The van der Waals surface area contributed by atoms with Crippen molar-refractivity contribution in [1.82, 2.24) is 0 Å². The lowest BCUT2D eigenvalue weighted by Gasteiger charge is -2.11. The van der Waals surface area contributed by atoms with Gasteiger partial charge in [0, 0.05) is 5.57 Å². The van der Waals surface area contributed by atoms with Crippen LogP contribution in [-0.4, -0.2) is 10.9 Å². The first-order valence-corrected chi connectivity index (χ1v) is 5.71. The molecule has 2 aromatic carbocycles. The summed E-state index contributed by atoms with van der Waals surface area (Å²) in [5.41, 5.74) is 1.64. The van der Waals surface area contributed by atoms with Crippen molar-refractivity contribution in [3.05, 3.63) is 78.4 Å². The third-order valence-corrected chi connectivity index (χ3v) is 2.78. The van der Waals surface area contributed by atoms with Gasteiger partial charge in [-0.3, -0.25) is 4.79 Å². The first-order chi connectivity index (χ1) is 8.70. The van der Waals surface area contributed by atoms with Crippen molar-refractivity contribution >= 4 is 11.4 Å². The van der Waals surface area contributed by atoms with E-state index in [1.165, 1.54) is 0 Å². The van der Waals surface area contributed by atoms with Crippen LogP contribution in [0.2, 0.25) is 0 Å². The Morgan fingerprint density at radius 3 is 2.00 bits per heavy atom. The number of rotatable bonds is 4. The summed E-state index contributed by atoms with van der Waals surface area (Å²) in [6.07, 6.45) is -1.15. The lowest BCUT2D eigenvalue weighted by atomic mass is 9.96. The molecule has 0 bridgehead atoms. The Hall–Kier alpha value is -2.19. The molecular weight excluding hydrogens is 224 g/mol. The first kappa shape index (κ1) is 12.3. The maximum atomic E-state index is 12.1. The van der Waals surface area contributed by atoms with Gasteiger partial charge < -0.3 is 5.11 Å². The fourth-order valence-corrected chi connectivity index (χ4v) is 1.73. The van der Waals surface area contributed by atoms with E-state index in [2.05, 4.69) is 6.58 Å². The Morgan fingerprint density at radius 2 is 1.44 bits per heavy atom. The van der Waals surface area contributed by atoms with Gasteiger partial charge in [0.05, 0.1) is 0 Å². The molecule has 2 rings (SSSR count). The molecule has 0 fully saturated rings. The molecule has 18 heavy (non-hydrogen) atoms. The molecule has 0 aliphatic heterocycles. The van der Waals surface area contributed by atoms with Crippen LogP contribution in [0.5, 0.6) is 0 Å². The average Bonchev–Trinajstić information content (AvgIpc) is 2.47. The molecule has 0 aliphatic carbocycles. The van der Waals surface area contributed by atoms with Crippen LogP contribution in [-0.2, 0) is 4.79 Å². The van der Waals surface area contributed by atoms with Crippen molar-refractivity contribution in [2.45, 2.75) is 6.10 Å². The number of ketones is 1. The van der Waals surface area contributed by atoms with Crippen LogP contribution in [0, 0.1) is 0 Å². The van der Waals surface area contributed by atoms with Crippen LogP contribution in [0.15, 0.2) is 67.2 Å². The zero-order valence-corrected chi connectivity index (χ0v) is 9.91. The minimum absolute atomic E-state index is 0.326. The monoisotopic (exact) mass is 238 g/mol. The maximum absolute atomic E-state index is 12.1. The van der Waals surface area contributed by atoms with Crippen molar-refractivity contribution < 1.29 is 9.90 Å². The molecular formula is C16H14O2. The normalized spacial score (nSPS) is 11.8. The van der Waals surface area contributed by atoms with Crippen LogP contribution in [0.4, 0.5) is 0 Å². The van der Waals surface area contributed by atoms with E-state index in [0.29, 0.717) is 11.1 Å². The first-order valence-electron chi connectivity index (χ1n) is 5.71. The molecule has 0 aromatic heterocycles. The van der Waals surface area contributed by atoms with Crippen LogP contribution >= 0.6 is 0 Å². The van der Waals surface area contributed by atoms with Gasteiger partial charge in [-0.15, -0.1) is 0 Å². The van der Waals surface area contributed by atoms with E-state index >= 15 is 0 Å². The van der Waals surface area contributed by atoms with Gasteiger partial charge >= 0.3 is 0 Å². The second-order valence-electron chi connectivity index (χ2n) is 4.02. The summed E-state index contributed by atoms with van der Waals surface area (Å²) < 4.78 is 0. The molecule has 0 saturated carbocycles. The Kier molecular flexibility index (Phi) is 3.70. The van der Waals surface area contributed by atoms with E-state index in [4.69, 9.17) is 0 Å². The number of carbonyl (C=O) groups excluding carboxylic acids is 1. The Morgan fingerprint density at radius 1 is 0.944 bits per heavy atom. The smallest absolute Gasteiger partial charge is 0.195 e. The number of hydrogen-bond donors (Lipinski definition) is 1. The molecule has 1 N–H and O–H groups in total. The number of hydrogen-bond acceptors (Lipinski definition) is 2. The summed E-state index contributed by atoms with van der Waals surface area (Å²) in [6, 6.07) is 18.0. The minimum Gasteiger partial charge on any atom is -0.380 e. The third kappa shape index (κ3) is 2.55. The van der Waals surface area contributed by atoms with E-state index in [1.54, 1.807) is 36.4 Å². The standard InChI is InChI=1S/C16H14O2/c1-12(13-8-4-2-5-9-13)15(17)16(18)14-10-6-3-7-11-14/h2-11,16,18H,1H2. The van der Waals surface area contributed by atoms with E-state index in [0.717, 1.165) is 5.56 Å². The van der Waals surface area contributed by atoms with Crippen LogP contribution < -0.4 is 0 Å². The SMILES string of the molecule is C=C(C(=O)C(O)c1ccccc1)c1ccccc1. The fourth-order valence-electron chi connectivity index (χ4n) is 1.73. The topological polar surface area (TPSA) is 37.3 Å². The van der Waals surface area contributed by atoms with Gasteiger partial charge in [0.2, 0.25) is 0 Å². The molecule has 0 heterocycles. The molecule has 0 spiro atoms. The molecule has 0 amide bonds. The second-order valence-corrected chi connectivity index (χ2v) is 4.02. The molecule has 2 aromatic rings. The van der Waals surface area contributed by atoms with E-state index in [1.807, 2.05) is 24.3 Å². The van der Waals surface area contributed by atoms with Crippen molar-refractivity contribution in [1.29, 1.82) is 0 Å². The third-order valence-electron chi connectivity index (χ3n) is 2.78. The lowest BCUT2D eigenvalue weighted by Crippen LogP contribution is -2.13. The predicted molar refractivity (Wildman–Crippen MR) is 71.9 cm³/mol. The van der Waals surface area contributed by atoms with Gasteiger partial charge in [-0.1, -0.05) is 67.2 Å². The highest BCUT2D eigenvalue weighted by atomic mass is 16.3. The highest BCUT2D eigenvalue weighted by Gasteiger charge is 2.20. The van der Waals surface area contributed by atoms with Crippen molar-refractivity contribution in [2.24, 2.45) is 0 Å². The summed E-state index contributed by atoms with van der Waals surface area (Å²) in [4.78, 5) is 12.1. The van der Waals surface area contributed by atoms with Crippen LogP contribution in [0.1, 0.15) is 17.2 Å². The van der Waals surface area contributed by atoms with Crippen LogP contribution in [0.3, 0.4) is 0 Å². The quantitative estimate of drug-likeness (QED) is 0.831. The lowest BCUT2D eigenvalue weighted by molar-refractivity contribution is -0.121. The highest BCUT2D eigenvalue weighted by Crippen LogP contribution is 2.22. The molecule has 2 heteroatoms. The minimum atomic E-state index is -1.15. The molecule has 1 unspecified atom stereocenters. The summed E-state index contributed by atoms with van der Waals surface area (Å²) >= 11 is 0.